The molecule has 0 aliphatic carbocycles. The monoisotopic (exact) mass is 287 g/mol. The third kappa shape index (κ3) is 5.61. The quantitative estimate of drug-likeness (QED) is 0.355. The van der Waals surface area contributed by atoms with Crippen LogP contribution in [0.5, 0.6) is 5.75 Å². The van der Waals surface area contributed by atoms with Gasteiger partial charge in [-0.2, -0.15) is 5.26 Å². The molecule has 0 amide bonds. The number of nitrogens with zero attached hydrogens (tertiary/aromatic N) is 1. The lowest BCUT2D eigenvalue weighted by Crippen LogP contribution is -2.09. The Morgan fingerprint density at radius 1 is 1.33 bits per heavy atom. The van der Waals surface area contributed by atoms with Crippen LogP contribution in [0.15, 0.2) is 42.5 Å². The van der Waals surface area contributed by atoms with Gasteiger partial charge < -0.3 is 14.6 Å². The lowest BCUT2D eigenvalue weighted by atomic mass is 10.1. The molecule has 0 unspecified atom stereocenters. The Balaban J connectivity index is 2.78. The van der Waals surface area contributed by atoms with E-state index < -0.39 is 18.5 Å². The Bertz CT molecular complexity index is 595. The zero-order valence-corrected chi connectivity index (χ0v) is 11.1. The molecule has 1 N–H and O–H groups in total. The van der Waals surface area contributed by atoms with Crippen LogP contribution in [-0.4, -0.2) is 30.3 Å². The number of carboxylic acids is 1. The van der Waals surface area contributed by atoms with Crippen LogP contribution in [0.4, 0.5) is 0 Å². The molecule has 6 nitrogen and oxygen atoms in total. The van der Waals surface area contributed by atoms with E-state index in [2.05, 4.69) is 6.58 Å². The second-order valence-corrected chi connectivity index (χ2v) is 3.81. The van der Waals surface area contributed by atoms with Crippen molar-refractivity contribution in [3.63, 3.8) is 0 Å². The second-order valence-electron chi connectivity index (χ2n) is 3.81. The smallest absolute Gasteiger partial charge is 0.349 e. The summed E-state index contributed by atoms with van der Waals surface area (Å²) in [4.78, 5) is 21.9. The maximum absolute atomic E-state index is 11.5. The highest BCUT2D eigenvalue weighted by Gasteiger charge is 2.09. The Labute approximate surface area is 121 Å². The maximum Gasteiger partial charge on any atom is 0.349 e. The third-order valence-electron chi connectivity index (χ3n) is 2.23. The minimum atomic E-state index is -1.07. The molecule has 0 saturated heterocycles. The van der Waals surface area contributed by atoms with E-state index in [9.17, 15) is 9.59 Å². The summed E-state index contributed by atoms with van der Waals surface area (Å²) >= 11 is 0. The van der Waals surface area contributed by atoms with E-state index >= 15 is 0 Å². The van der Waals surface area contributed by atoms with Gasteiger partial charge in [0.05, 0.1) is 0 Å². The number of hydrogen-bond donors (Lipinski definition) is 1. The Morgan fingerprint density at radius 2 is 2.00 bits per heavy atom. The zero-order valence-electron chi connectivity index (χ0n) is 11.1. The van der Waals surface area contributed by atoms with Crippen LogP contribution >= 0.6 is 0 Å². The Kier molecular flexibility index (Phi) is 6.22. The highest BCUT2D eigenvalue weighted by molar-refractivity contribution is 5.97. The first-order chi connectivity index (χ1) is 10.1. The molecule has 6 heteroatoms. The summed E-state index contributed by atoms with van der Waals surface area (Å²) in [7, 11) is 0. The predicted octanol–water partition coefficient (Wildman–Crippen LogP) is 1.79. The van der Waals surface area contributed by atoms with Gasteiger partial charge in [0, 0.05) is 0 Å². The average molecular weight is 287 g/mol. The number of aliphatic carboxylic acids is 1. The lowest BCUT2D eigenvalue weighted by molar-refractivity contribution is -0.139. The molecular formula is C15H13NO5. The van der Waals surface area contributed by atoms with E-state index in [0.29, 0.717) is 11.3 Å². The van der Waals surface area contributed by atoms with Crippen molar-refractivity contribution in [2.45, 2.75) is 0 Å². The summed E-state index contributed by atoms with van der Waals surface area (Å²) in [6.07, 6.45) is 2.77. The van der Waals surface area contributed by atoms with Crippen molar-refractivity contribution in [1.29, 1.82) is 5.26 Å². The summed E-state index contributed by atoms with van der Waals surface area (Å²) in [5.74, 6) is -1.43. The fourth-order valence-corrected chi connectivity index (χ4v) is 1.32. The number of esters is 1. The molecule has 0 aliphatic rings. The molecule has 0 radical (unpaired) electrons. The van der Waals surface area contributed by atoms with Gasteiger partial charge in [0.2, 0.25) is 0 Å². The summed E-state index contributed by atoms with van der Waals surface area (Å²) in [5, 5.41) is 17.4. The van der Waals surface area contributed by atoms with Crippen molar-refractivity contribution in [3.8, 4) is 11.8 Å². The Morgan fingerprint density at radius 3 is 2.52 bits per heavy atom. The highest BCUT2D eigenvalue weighted by Crippen LogP contribution is 2.15. The number of ether oxygens (including phenoxy) is 2. The van der Waals surface area contributed by atoms with Crippen molar-refractivity contribution in [2.24, 2.45) is 0 Å². The predicted molar refractivity (Wildman–Crippen MR) is 74.3 cm³/mol. The van der Waals surface area contributed by atoms with Gasteiger partial charge in [-0.25, -0.2) is 9.59 Å². The molecule has 0 aromatic heterocycles. The minimum absolute atomic E-state index is 0.0276. The van der Waals surface area contributed by atoms with E-state index in [0.717, 1.165) is 0 Å². The van der Waals surface area contributed by atoms with E-state index in [1.165, 1.54) is 12.2 Å². The molecule has 1 aromatic rings. The molecule has 0 fully saturated rings. The number of rotatable bonds is 7. The van der Waals surface area contributed by atoms with Gasteiger partial charge in [0.1, 0.15) is 24.0 Å². The van der Waals surface area contributed by atoms with Gasteiger partial charge in [0.15, 0.2) is 6.61 Å². The molecule has 1 aromatic carbocycles. The topological polar surface area (TPSA) is 96.6 Å². The molecule has 21 heavy (non-hydrogen) atoms. The normalized spacial score (nSPS) is 10.3. The number of hydrogen-bond acceptors (Lipinski definition) is 5. The van der Waals surface area contributed by atoms with E-state index in [1.807, 2.05) is 0 Å². The van der Waals surface area contributed by atoms with Gasteiger partial charge in [0.25, 0.3) is 0 Å². The van der Waals surface area contributed by atoms with Crippen molar-refractivity contribution < 1.29 is 24.2 Å². The first kappa shape index (κ1) is 16.0. The highest BCUT2D eigenvalue weighted by atomic mass is 16.5. The summed E-state index contributed by atoms with van der Waals surface area (Å²) in [5.41, 5.74) is 0.445. The van der Waals surface area contributed by atoms with Gasteiger partial charge in [-0.1, -0.05) is 24.8 Å². The second kappa shape index (κ2) is 8.17. The lowest BCUT2D eigenvalue weighted by Gasteiger charge is -2.03. The molecule has 0 spiro atoms. The molecule has 0 heterocycles. The van der Waals surface area contributed by atoms with Crippen LogP contribution in [0.25, 0.3) is 6.08 Å². The number of benzene rings is 1. The van der Waals surface area contributed by atoms with Crippen LogP contribution in [0.3, 0.4) is 0 Å². The number of carbonyl (C=O) groups excluding carboxylic acids is 1. The maximum atomic E-state index is 11.5. The van der Waals surface area contributed by atoms with Crippen LogP contribution in [0.2, 0.25) is 0 Å². The van der Waals surface area contributed by atoms with Gasteiger partial charge in [-0.05, 0) is 23.8 Å². The molecule has 108 valence electrons. The number of nitriles is 1. The molecule has 0 atom stereocenters. The van der Waals surface area contributed by atoms with Crippen molar-refractivity contribution in [3.05, 3.63) is 48.1 Å². The van der Waals surface area contributed by atoms with Crippen LogP contribution in [0, 0.1) is 11.3 Å². The largest absolute Gasteiger partial charge is 0.482 e. The number of carbonyl (C=O) groups is 2. The van der Waals surface area contributed by atoms with Gasteiger partial charge in [-0.15, -0.1) is 0 Å². The molecule has 0 saturated carbocycles. The summed E-state index contributed by atoms with van der Waals surface area (Å²) < 4.78 is 9.73. The average Bonchev–Trinajstić information content (AvgIpc) is 2.49. The van der Waals surface area contributed by atoms with Crippen molar-refractivity contribution in [1.82, 2.24) is 0 Å². The van der Waals surface area contributed by atoms with Crippen LogP contribution in [0.1, 0.15) is 5.56 Å². The van der Waals surface area contributed by atoms with Crippen molar-refractivity contribution in [2.75, 3.05) is 13.2 Å². The van der Waals surface area contributed by atoms with Crippen molar-refractivity contribution >= 4 is 18.0 Å². The fraction of sp³-hybridized carbons (Fsp3) is 0.133. The van der Waals surface area contributed by atoms with E-state index in [-0.39, 0.29) is 12.2 Å². The first-order valence-corrected chi connectivity index (χ1v) is 5.91. The van der Waals surface area contributed by atoms with E-state index in [4.69, 9.17) is 19.8 Å². The van der Waals surface area contributed by atoms with Gasteiger partial charge in [-0.3, -0.25) is 0 Å². The third-order valence-corrected chi connectivity index (χ3v) is 2.23. The van der Waals surface area contributed by atoms with Gasteiger partial charge >= 0.3 is 11.9 Å². The Hall–Kier alpha value is -3.07. The SMILES string of the molecule is C=CCOC(=O)C(C#N)=Cc1ccc(OCC(=O)O)cc1. The number of carboxylic acid groups (broad SMARTS) is 1. The molecule has 1 rings (SSSR count). The first-order valence-electron chi connectivity index (χ1n) is 5.91. The molecular weight excluding hydrogens is 274 g/mol. The summed E-state index contributed by atoms with van der Waals surface area (Å²) in [6, 6.07) is 8.02. The zero-order chi connectivity index (χ0) is 15.7. The minimum Gasteiger partial charge on any atom is -0.482 e. The van der Waals surface area contributed by atoms with Crippen LogP contribution < -0.4 is 4.74 Å². The van der Waals surface area contributed by atoms with Crippen LogP contribution in [-0.2, 0) is 14.3 Å². The fourth-order valence-electron chi connectivity index (χ4n) is 1.32. The summed E-state index contributed by atoms with van der Waals surface area (Å²) in [6.45, 7) is 3.00. The molecule has 0 aliphatic heterocycles. The molecule has 0 bridgehead atoms. The standard InChI is InChI=1S/C15H13NO5/c1-2-7-20-15(19)12(9-16)8-11-3-5-13(6-4-11)21-10-14(17)18/h2-6,8H,1,7,10H2,(H,17,18). The van der Waals surface area contributed by atoms with E-state index in [1.54, 1.807) is 30.3 Å².